The van der Waals surface area contributed by atoms with Crippen LogP contribution in [0.25, 0.3) is 11.1 Å². The molecule has 0 bridgehead atoms. The van der Waals surface area contributed by atoms with E-state index in [1.54, 1.807) is 24.3 Å². The summed E-state index contributed by atoms with van der Waals surface area (Å²) in [4.78, 5) is 25.1. The predicted molar refractivity (Wildman–Crippen MR) is 112 cm³/mol. The Morgan fingerprint density at radius 1 is 0.897 bits per heavy atom. The van der Waals surface area contributed by atoms with Crippen molar-refractivity contribution in [1.82, 2.24) is 0 Å². The number of ether oxygens (including phenoxy) is 1. The number of hydrogen-bond acceptors (Lipinski definition) is 3. The first kappa shape index (κ1) is 19.0. The van der Waals surface area contributed by atoms with Crippen LogP contribution in [0.4, 0.5) is 10.5 Å². The van der Waals surface area contributed by atoms with Gasteiger partial charge in [0.15, 0.2) is 0 Å². The molecule has 0 atom stereocenters. The van der Waals surface area contributed by atoms with Gasteiger partial charge in [0.25, 0.3) is 0 Å². The van der Waals surface area contributed by atoms with E-state index in [4.69, 9.17) is 16.3 Å². The maximum absolute atomic E-state index is 12.8. The van der Waals surface area contributed by atoms with Crippen molar-refractivity contribution in [3.8, 4) is 11.1 Å². The number of halogens is 1. The van der Waals surface area contributed by atoms with Gasteiger partial charge in [0.2, 0.25) is 0 Å². The number of nitrogens with zero attached hydrogens (tertiary/aromatic N) is 1. The molecule has 0 spiro atoms. The molecule has 0 aliphatic heterocycles. The molecule has 6 heteroatoms. The third kappa shape index (κ3) is 3.69. The van der Waals surface area contributed by atoms with Crippen LogP contribution in [0.1, 0.15) is 17.0 Å². The van der Waals surface area contributed by atoms with Gasteiger partial charge in [-0.3, -0.25) is 9.69 Å². The van der Waals surface area contributed by atoms with Gasteiger partial charge in [-0.2, -0.15) is 0 Å². The number of hydrogen-bond donors (Lipinski definition) is 1. The molecule has 1 N–H and O–H groups in total. The van der Waals surface area contributed by atoms with Crippen molar-refractivity contribution in [2.75, 3.05) is 18.1 Å². The van der Waals surface area contributed by atoms with E-state index in [9.17, 15) is 14.7 Å². The van der Waals surface area contributed by atoms with E-state index in [1.807, 2.05) is 36.4 Å². The van der Waals surface area contributed by atoms with Crippen LogP contribution in [0.2, 0.25) is 5.02 Å². The Bertz CT molecular complexity index is 1040. The first-order valence-electron chi connectivity index (χ1n) is 9.15. The van der Waals surface area contributed by atoms with E-state index in [1.165, 1.54) is 0 Å². The predicted octanol–water partition coefficient (Wildman–Crippen LogP) is 5.18. The summed E-state index contributed by atoms with van der Waals surface area (Å²) in [7, 11) is 0. The zero-order valence-corrected chi connectivity index (χ0v) is 16.2. The van der Waals surface area contributed by atoms with Gasteiger partial charge in [-0.25, -0.2) is 4.79 Å². The lowest BCUT2D eigenvalue weighted by atomic mass is 9.98. The summed E-state index contributed by atoms with van der Waals surface area (Å²) in [6.45, 7) is -0.437. The first-order valence-corrected chi connectivity index (χ1v) is 9.53. The Morgan fingerprint density at radius 2 is 1.45 bits per heavy atom. The Morgan fingerprint density at radius 3 is 2.03 bits per heavy atom. The van der Waals surface area contributed by atoms with Crippen LogP contribution in [0, 0.1) is 0 Å². The molecule has 3 aromatic rings. The van der Waals surface area contributed by atoms with Gasteiger partial charge in [0, 0.05) is 5.92 Å². The summed E-state index contributed by atoms with van der Waals surface area (Å²) in [5.41, 5.74) is 4.72. The Balaban J connectivity index is 1.58. The number of carbonyl (C=O) groups excluding carboxylic acids is 1. The fourth-order valence-corrected chi connectivity index (χ4v) is 3.96. The molecule has 1 aliphatic carbocycles. The van der Waals surface area contributed by atoms with Crippen LogP contribution < -0.4 is 4.90 Å². The van der Waals surface area contributed by atoms with Crippen molar-refractivity contribution in [1.29, 1.82) is 0 Å². The van der Waals surface area contributed by atoms with Crippen molar-refractivity contribution in [2.45, 2.75) is 5.92 Å². The molecule has 0 fully saturated rings. The SMILES string of the molecule is O=C(O)CN(C(=O)OCC1c2ccccc2-c2ccccc21)c1ccccc1Cl. The van der Waals surface area contributed by atoms with Gasteiger partial charge in [-0.15, -0.1) is 0 Å². The molecule has 1 amide bonds. The molecule has 1 aliphatic rings. The molecule has 146 valence electrons. The maximum atomic E-state index is 12.8. The van der Waals surface area contributed by atoms with Crippen LogP contribution in [0.15, 0.2) is 72.8 Å². The largest absolute Gasteiger partial charge is 0.480 e. The third-order valence-corrected chi connectivity index (χ3v) is 5.31. The molecule has 0 heterocycles. The third-order valence-electron chi connectivity index (χ3n) is 4.99. The molecule has 0 saturated heterocycles. The molecule has 0 saturated carbocycles. The molecule has 4 rings (SSSR count). The van der Waals surface area contributed by atoms with Crippen LogP contribution in [0.3, 0.4) is 0 Å². The Hall–Kier alpha value is -3.31. The van der Waals surface area contributed by atoms with Crippen LogP contribution in [-0.4, -0.2) is 30.3 Å². The average molecular weight is 408 g/mol. The number of fused-ring (bicyclic) bond motifs is 3. The first-order chi connectivity index (χ1) is 14.1. The fraction of sp³-hybridized carbons (Fsp3) is 0.130. The highest BCUT2D eigenvalue weighted by Gasteiger charge is 2.30. The minimum Gasteiger partial charge on any atom is -0.480 e. The van der Waals surface area contributed by atoms with Gasteiger partial charge in [-0.05, 0) is 34.4 Å². The number of carbonyl (C=O) groups is 2. The minimum atomic E-state index is -1.15. The minimum absolute atomic E-state index is 0.105. The molecule has 3 aromatic carbocycles. The zero-order chi connectivity index (χ0) is 20.4. The van der Waals surface area contributed by atoms with Gasteiger partial charge in [0.05, 0.1) is 10.7 Å². The Kier molecular flexibility index (Phi) is 5.23. The number of benzene rings is 3. The van der Waals surface area contributed by atoms with Gasteiger partial charge in [0.1, 0.15) is 13.2 Å². The normalized spacial score (nSPS) is 12.2. The highest BCUT2D eigenvalue weighted by molar-refractivity contribution is 6.33. The summed E-state index contributed by atoms with van der Waals surface area (Å²) in [6.07, 6.45) is -0.748. The highest BCUT2D eigenvalue weighted by atomic mass is 35.5. The van der Waals surface area contributed by atoms with Crippen LogP contribution in [-0.2, 0) is 9.53 Å². The summed E-state index contributed by atoms with van der Waals surface area (Å²) in [5, 5.41) is 9.51. The number of aliphatic carboxylic acids is 1. The van der Waals surface area contributed by atoms with E-state index >= 15 is 0 Å². The number of para-hydroxylation sites is 1. The monoisotopic (exact) mass is 407 g/mol. The second kappa shape index (κ2) is 7.97. The summed E-state index contributed by atoms with van der Waals surface area (Å²) >= 11 is 6.17. The topological polar surface area (TPSA) is 66.8 Å². The second-order valence-electron chi connectivity index (χ2n) is 6.74. The molecule has 0 unspecified atom stereocenters. The standard InChI is InChI=1S/C23H18ClNO4/c24-20-11-5-6-12-21(20)25(13-22(26)27)23(28)29-14-19-17-9-3-1-7-15(17)16-8-2-4-10-18(16)19/h1-12,19H,13-14H2,(H,26,27). The second-order valence-corrected chi connectivity index (χ2v) is 7.14. The lowest BCUT2D eigenvalue weighted by molar-refractivity contribution is -0.135. The number of amides is 1. The summed E-state index contributed by atoms with van der Waals surface area (Å²) in [6, 6.07) is 22.6. The molecule has 29 heavy (non-hydrogen) atoms. The molecule has 0 radical (unpaired) electrons. The van der Waals surface area contributed by atoms with Crippen LogP contribution in [0.5, 0.6) is 0 Å². The van der Waals surface area contributed by atoms with E-state index in [-0.39, 0.29) is 17.5 Å². The number of anilines is 1. The number of carboxylic acids is 1. The lowest BCUT2D eigenvalue weighted by Gasteiger charge is -2.23. The zero-order valence-electron chi connectivity index (χ0n) is 15.4. The Labute approximate surface area is 173 Å². The fourth-order valence-electron chi connectivity index (χ4n) is 3.73. The maximum Gasteiger partial charge on any atom is 0.414 e. The van der Waals surface area contributed by atoms with Crippen molar-refractivity contribution in [3.63, 3.8) is 0 Å². The van der Waals surface area contributed by atoms with Crippen molar-refractivity contribution < 1.29 is 19.4 Å². The smallest absolute Gasteiger partial charge is 0.414 e. The van der Waals surface area contributed by atoms with Crippen LogP contribution >= 0.6 is 11.6 Å². The van der Waals surface area contributed by atoms with E-state index in [0.717, 1.165) is 27.2 Å². The van der Waals surface area contributed by atoms with Crippen molar-refractivity contribution in [2.24, 2.45) is 0 Å². The van der Waals surface area contributed by atoms with Gasteiger partial charge in [-0.1, -0.05) is 72.3 Å². The quantitative estimate of drug-likeness (QED) is 0.632. The molecule has 0 aromatic heterocycles. The average Bonchev–Trinajstić information content (AvgIpc) is 3.05. The van der Waals surface area contributed by atoms with Gasteiger partial charge >= 0.3 is 12.1 Å². The summed E-state index contributed by atoms with van der Waals surface area (Å²) < 4.78 is 5.58. The van der Waals surface area contributed by atoms with E-state index in [2.05, 4.69) is 12.1 Å². The number of rotatable bonds is 5. The highest BCUT2D eigenvalue weighted by Crippen LogP contribution is 2.44. The summed E-state index contributed by atoms with van der Waals surface area (Å²) in [5.74, 6) is -1.26. The molecular weight excluding hydrogens is 390 g/mol. The number of carboxylic acid groups (broad SMARTS) is 1. The lowest BCUT2D eigenvalue weighted by Crippen LogP contribution is -2.37. The molecule has 5 nitrogen and oxygen atoms in total. The molecular formula is C23H18ClNO4. The van der Waals surface area contributed by atoms with Crippen molar-refractivity contribution >= 4 is 29.4 Å². The van der Waals surface area contributed by atoms with Gasteiger partial charge < -0.3 is 9.84 Å². The van der Waals surface area contributed by atoms with E-state index in [0.29, 0.717) is 5.69 Å². The van der Waals surface area contributed by atoms with Crippen molar-refractivity contribution in [3.05, 3.63) is 88.9 Å². The van der Waals surface area contributed by atoms with E-state index < -0.39 is 18.6 Å².